The van der Waals surface area contributed by atoms with E-state index >= 15 is 0 Å². The Balaban J connectivity index is 1.26. The lowest BCUT2D eigenvalue weighted by molar-refractivity contribution is 0.122. The van der Waals surface area contributed by atoms with E-state index in [-0.39, 0.29) is 12.1 Å². The highest BCUT2D eigenvalue weighted by Gasteiger charge is 2.31. The third-order valence-corrected chi connectivity index (χ3v) is 5.39. The SMILES string of the molecule is CC(CNC1CC(NC(=O)OCc2ccccc2)C1)N1CCCCC1. The van der Waals surface area contributed by atoms with Gasteiger partial charge in [-0.1, -0.05) is 36.8 Å². The van der Waals surface area contributed by atoms with Crippen LogP contribution in [-0.2, 0) is 11.3 Å². The van der Waals surface area contributed by atoms with Gasteiger partial charge in [0.15, 0.2) is 0 Å². The lowest BCUT2D eigenvalue weighted by Crippen LogP contribution is -2.54. The fourth-order valence-corrected chi connectivity index (χ4v) is 3.66. The van der Waals surface area contributed by atoms with Crippen LogP contribution < -0.4 is 10.6 Å². The summed E-state index contributed by atoms with van der Waals surface area (Å²) in [4.78, 5) is 14.4. The van der Waals surface area contributed by atoms with Gasteiger partial charge >= 0.3 is 6.09 Å². The highest BCUT2D eigenvalue weighted by Crippen LogP contribution is 2.20. The van der Waals surface area contributed by atoms with Crippen LogP contribution in [0.15, 0.2) is 30.3 Å². The van der Waals surface area contributed by atoms with Crippen molar-refractivity contribution in [2.75, 3.05) is 19.6 Å². The van der Waals surface area contributed by atoms with E-state index < -0.39 is 0 Å². The number of nitrogens with one attached hydrogen (secondary N) is 2. The molecule has 2 N–H and O–H groups in total. The van der Waals surface area contributed by atoms with Gasteiger partial charge in [0.25, 0.3) is 0 Å². The summed E-state index contributed by atoms with van der Waals surface area (Å²) in [6.45, 7) is 6.16. The summed E-state index contributed by atoms with van der Waals surface area (Å²) >= 11 is 0. The predicted octanol–water partition coefficient (Wildman–Crippen LogP) is 2.91. The van der Waals surface area contributed by atoms with Gasteiger partial charge in [0.05, 0.1) is 0 Å². The summed E-state index contributed by atoms with van der Waals surface area (Å²) in [5.74, 6) is 0. The average molecular weight is 345 g/mol. The van der Waals surface area contributed by atoms with Crippen molar-refractivity contribution < 1.29 is 9.53 Å². The van der Waals surface area contributed by atoms with Crippen LogP contribution in [0.25, 0.3) is 0 Å². The van der Waals surface area contributed by atoms with Crippen molar-refractivity contribution in [3.05, 3.63) is 35.9 Å². The molecule has 1 heterocycles. The number of nitrogens with zero attached hydrogens (tertiary/aromatic N) is 1. The zero-order valence-electron chi connectivity index (χ0n) is 15.2. The molecule has 1 saturated heterocycles. The molecule has 3 rings (SSSR count). The molecule has 1 aromatic carbocycles. The molecule has 1 aromatic rings. The largest absolute Gasteiger partial charge is 0.445 e. The minimum absolute atomic E-state index is 0.242. The fourth-order valence-electron chi connectivity index (χ4n) is 3.66. The van der Waals surface area contributed by atoms with Crippen LogP contribution >= 0.6 is 0 Å². The Hall–Kier alpha value is -1.59. The number of likely N-dealkylation sites (tertiary alicyclic amines) is 1. The maximum Gasteiger partial charge on any atom is 0.407 e. The van der Waals surface area contributed by atoms with Crippen LogP contribution in [0.2, 0.25) is 0 Å². The average Bonchev–Trinajstić information content (AvgIpc) is 2.63. The van der Waals surface area contributed by atoms with Gasteiger partial charge < -0.3 is 15.4 Å². The molecular weight excluding hydrogens is 314 g/mol. The molecule has 5 nitrogen and oxygen atoms in total. The molecule has 2 aliphatic rings. The van der Waals surface area contributed by atoms with Crippen LogP contribution in [0, 0.1) is 0 Å². The Labute approximate surface area is 151 Å². The van der Waals surface area contributed by atoms with E-state index in [4.69, 9.17) is 4.74 Å². The summed E-state index contributed by atoms with van der Waals surface area (Å²) in [7, 11) is 0. The van der Waals surface area contributed by atoms with E-state index in [0.29, 0.717) is 18.7 Å². The molecule has 5 heteroatoms. The predicted molar refractivity (Wildman–Crippen MR) is 99.5 cm³/mol. The molecule has 1 aliphatic heterocycles. The standard InChI is InChI=1S/C20H31N3O2/c1-16(23-10-6-3-7-11-23)14-21-18-12-19(13-18)22-20(24)25-15-17-8-4-2-5-9-17/h2,4-5,8-9,16,18-19,21H,3,6-7,10-15H2,1H3,(H,22,24). The molecule has 25 heavy (non-hydrogen) atoms. The highest BCUT2D eigenvalue weighted by molar-refractivity contribution is 5.67. The topological polar surface area (TPSA) is 53.6 Å². The van der Waals surface area contributed by atoms with Gasteiger partial charge in [-0.25, -0.2) is 4.79 Å². The van der Waals surface area contributed by atoms with Crippen LogP contribution in [0.1, 0.15) is 44.6 Å². The van der Waals surface area contributed by atoms with Crippen molar-refractivity contribution >= 4 is 6.09 Å². The smallest absolute Gasteiger partial charge is 0.407 e. The zero-order valence-corrected chi connectivity index (χ0v) is 15.2. The second kappa shape index (κ2) is 9.20. The van der Waals surface area contributed by atoms with E-state index in [0.717, 1.165) is 24.9 Å². The van der Waals surface area contributed by atoms with Gasteiger partial charge in [-0.15, -0.1) is 0 Å². The number of carbonyl (C=O) groups excluding carboxylic acids is 1. The van der Waals surface area contributed by atoms with Crippen LogP contribution in [0.3, 0.4) is 0 Å². The molecule has 1 unspecified atom stereocenters. The third-order valence-electron chi connectivity index (χ3n) is 5.39. The quantitative estimate of drug-likeness (QED) is 0.798. The monoisotopic (exact) mass is 345 g/mol. The second-order valence-electron chi connectivity index (χ2n) is 7.43. The minimum Gasteiger partial charge on any atom is -0.445 e. The van der Waals surface area contributed by atoms with Crippen LogP contribution in [0.4, 0.5) is 4.79 Å². The molecule has 1 atom stereocenters. The van der Waals surface area contributed by atoms with Crippen molar-refractivity contribution in [3.8, 4) is 0 Å². The molecular formula is C20H31N3O2. The number of piperidine rings is 1. The van der Waals surface area contributed by atoms with E-state index in [2.05, 4.69) is 22.5 Å². The molecule has 138 valence electrons. The highest BCUT2D eigenvalue weighted by atomic mass is 16.5. The molecule has 0 aromatic heterocycles. The summed E-state index contributed by atoms with van der Waals surface area (Å²) in [5, 5.41) is 6.60. The number of benzene rings is 1. The molecule has 1 saturated carbocycles. The van der Waals surface area contributed by atoms with E-state index in [1.54, 1.807) is 0 Å². The number of rotatable bonds is 7. The number of carbonyl (C=O) groups is 1. The fraction of sp³-hybridized carbons (Fsp3) is 0.650. The number of hydrogen-bond donors (Lipinski definition) is 2. The minimum atomic E-state index is -0.311. The van der Waals surface area contributed by atoms with Crippen LogP contribution in [-0.4, -0.2) is 48.8 Å². The molecule has 0 spiro atoms. The summed E-state index contributed by atoms with van der Waals surface area (Å²) < 4.78 is 5.27. The van der Waals surface area contributed by atoms with Gasteiger partial charge in [-0.3, -0.25) is 4.90 Å². The van der Waals surface area contributed by atoms with Gasteiger partial charge in [-0.05, 0) is 51.3 Å². The van der Waals surface area contributed by atoms with Gasteiger partial charge in [-0.2, -0.15) is 0 Å². The lowest BCUT2D eigenvalue weighted by atomic mass is 9.86. The van der Waals surface area contributed by atoms with Gasteiger partial charge in [0, 0.05) is 24.7 Å². The maximum atomic E-state index is 11.8. The first-order valence-electron chi connectivity index (χ1n) is 9.65. The lowest BCUT2D eigenvalue weighted by Gasteiger charge is -2.38. The molecule has 1 amide bonds. The summed E-state index contributed by atoms with van der Waals surface area (Å²) in [6, 6.07) is 11.1. The molecule has 0 radical (unpaired) electrons. The number of alkyl carbamates (subject to hydrolysis) is 1. The first-order valence-corrected chi connectivity index (χ1v) is 9.65. The Kier molecular flexibility index (Phi) is 6.70. The summed E-state index contributed by atoms with van der Waals surface area (Å²) in [5.41, 5.74) is 1.01. The normalized spacial score (nSPS) is 25.0. The number of ether oxygens (including phenoxy) is 1. The van der Waals surface area contributed by atoms with Gasteiger partial charge in [0.2, 0.25) is 0 Å². The Morgan fingerprint density at radius 2 is 1.88 bits per heavy atom. The first-order chi connectivity index (χ1) is 12.2. The number of amides is 1. The zero-order chi connectivity index (χ0) is 17.5. The molecule has 1 aliphatic carbocycles. The Morgan fingerprint density at radius 3 is 2.60 bits per heavy atom. The van der Waals surface area contributed by atoms with E-state index in [9.17, 15) is 4.79 Å². The van der Waals surface area contributed by atoms with Gasteiger partial charge in [0.1, 0.15) is 6.61 Å². The van der Waals surface area contributed by atoms with Crippen molar-refractivity contribution in [3.63, 3.8) is 0 Å². The summed E-state index contributed by atoms with van der Waals surface area (Å²) in [6.07, 6.45) is 5.73. The first kappa shape index (κ1) is 18.2. The molecule has 2 fully saturated rings. The van der Waals surface area contributed by atoms with Crippen LogP contribution in [0.5, 0.6) is 0 Å². The Bertz CT molecular complexity index is 525. The van der Waals surface area contributed by atoms with Crippen molar-refractivity contribution in [2.45, 2.75) is 63.8 Å². The maximum absolute atomic E-state index is 11.8. The molecule has 0 bridgehead atoms. The van der Waals surface area contributed by atoms with Crippen molar-refractivity contribution in [1.82, 2.24) is 15.5 Å². The van der Waals surface area contributed by atoms with E-state index in [1.165, 1.54) is 32.4 Å². The number of hydrogen-bond acceptors (Lipinski definition) is 4. The van der Waals surface area contributed by atoms with Crippen molar-refractivity contribution in [1.29, 1.82) is 0 Å². The second-order valence-corrected chi connectivity index (χ2v) is 7.43. The third kappa shape index (κ3) is 5.72. The van der Waals surface area contributed by atoms with E-state index in [1.807, 2.05) is 30.3 Å². The van der Waals surface area contributed by atoms with Crippen molar-refractivity contribution in [2.24, 2.45) is 0 Å². The Morgan fingerprint density at radius 1 is 1.16 bits per heavy atom.